The van der Waals surface area contributed by atoms with E-state index < -0.39 is 30.2 Å². The van der Waals surface area contributed by atoms with Crippen molar-refractivity contribution < 1.29 is 33.3 Å². The van der Waals surface area contributed by atoms with E-state index in [1.807, 2.05) is 19.1 Å². The number of ether oxygens (including phenoxy) is 3. The molecule has 5 aromatic rings. The second-order valence-electron chi connectivity index (χ2n) is 10.9. The number of aryl methyl sites for hydroxylation is 1. The number of hydrogen-bond donors (Lipinski definition) is 2. The Hall–Kier alpha value is -5.02. The van der Waals surface area contributed by atoms with Gasteiger partial charge in [0.25, 0.3) is 11.8 Å². The predicted molar refractivity (Wildman–Crippen MR) is 168 cm³/mol. The molecule has 1 saturated heterocycles. The van der Waals surface area contributed by atoms with Crippen LogP contribution in [0.1, 0.15) is 36.3 Å². The monoisotopic (exact) mass is 647 g/mol. The van der Waals surface area contributed by atoms with Crippen LogP contribution in [0.4, 0.5) is 14.9 Å². The largest absolute Gasteiger partial charge is 0.480 e. The number of pyridine rings is 2. The Balaban J connectivity index is 1.11. The zero-order valence-corrected chi connectivity index (χ0v) is 26.2. The van der Waals surface area contributed by atoms with Crippen molar-refractivity contribution in [3.8, 4) is 22.3 Å². The first kappa shape index (κ1) is 31.0. The Morgan fingerprint density at radius 1 is 1.09 bits per heavy atom. The number of aliphatic hydroxyl groups excluding tert-OH is 1. The number of nitrogens with zero attached hydrogens (tertiary/aromatic N) is 6. The third-order valence-electron chi connectivity index (χ3n) is 7.44. The molecule has 0 radical (unpaired) electrons. The SMILES string of the molecule is COc1cnc2c(-c3nc4cc(F)c(O[C@@H](C)[C@@H](C)OC(=O)Nc5ccc(C(=O)N6CC[C@@H](O)C6)nc5)nc4s3)cc(C)cc2n1. The van der Waals surface area contributed by atoms with Crippen LogP contribution in [-0.4, -0.2) is 85.4 Å². The lowest BCUT2D eigenvalue weighted by Gasteiger charge is -2.21. The van der Waals surface area contributed by atoms with Crippen LogP contribution < -0.4 is 14.8 Å². The summed E-state index contributed by atoms with van der Waals surface area (Å²) in [4.78, 5) is 49.1. The Labute approximate surface area is 266 Å². The number of aliphatic hydroxyl groups is 1. The zero-order chi connectivity index (χ0) is 32.5. The molecule has 4 aromatic heterocycles. The van der Waals surface area contributed by atoms with E-state index in [9.17, 15) is 14.7 Å². The predicted octanol–water partition coefficient (Wildman–Crippen LogP) is 4.76. The number of anilines is 1. The summed E-state index contributed by atoms with van der Waals surface area (Å²) in [5, 5.41) is 12.8. The molecule has 2 amide bonds. The highest BCUT2D eigenvalue weighted by molar-refractivity contribution is 7.21. The number of methoxy groups -OCH3 is 1. The Morgan fingerprint density at radius 3 is 2.63 bits per heavy atom. The normalized spacial score (nSPS) is 16.0. The molecule has 1 fully saturated rings. The number of aromatic nitrogens is 5. The van der Waals surface area contributed by atoms with Gasteiger partial charge in [-0.1, -0.05) is 11.3 Å². The Morgan fingerprint density at radius 2 is 1.91 bits per heavy atom. The van der Waals surface area contributed by atoms with Gasteiger partial charge in [0, 0.05) is 24.7 Å². The van der Waals surface area contributed by atoms with E-state index in [1.54, 1.807) is 13.8 Å². The summed E-state index contributed by atoms with van der Waals surface area (Å²) in [6.07, 6.45) is 0.521. The molecule has 15 heteroatoms. The van der Waals surface area contributed by atoms with Crippen molar-refractivity contribution in [1.29, 1.82) is 0 Å². The second kappa shape index (κ2) is 12.8. The van der Waals surface area contributed by atoms with Gasteiger partial charge in [-0.15, -0.1) is 0 Å². The standard InChI is InChI=1S/C31H30FN7O6S/c1-15-9-20(26-23(10-15)36-25(43-4)13-34-26)28-37-24-11-21(32)27(38-29(24)46-28)44-16(2)17(3)45-31(42)35-18-5-6-22(33-12-18)30(41)39-8-7-19(40)14-39/h5-6,9-13,16-17,19,40H,7-8,14H2,1-4H3,(H,35,42)/t16-,17+,19+/m0/s1. The number of nitrogens with one attached hydrogen (secondary N) is 1. The van der Waals surface area contributed by atoms with E-state index in [4.69, 9.17) is 14.2 Å². The van der Waals surface area contributed by atoms with Gasteiger partial charge in [0.15, 0.2) is 5.82 Å². The number of thiazole rings is 1. The maximum absolute atomic E-state index is 15.1. The van der Waals surface area contributed by atoms with Gasteiger partial charge in [0.2, 0.25) is 5.88 Å². The van der Waals surface area contributed by atoms with E-state index in [1.165, 1.54) is 53.9 Å². The fourth-order valence-corrected chi connectivity index (χ4v) is 5.83. The summed E-state index contributed by atoms with van der Waals surface area (Å²) in [5.74, 6) is -0.865. The molecular formula is C31H30FN7O6S. The summed E-state index contributed by atoms with van der Waals surface area (Å²) in [7, 11) is 1.52. The molecule has 238 valence electrons. The molecule has 0 unspecified atom stereocenters. The van der Waals surface area contributed by atoms with E-state index in [0.29, 0.717) is 50.9 Å². The van der Waals surface area contributed by atoms with E-state index in [0.717, 1.165) is 11.1 Å². The van der Waals surface area contributed by atoms with Crippen molar-refractivity contribution in [2.75, 3.05) is 25.5 Å². The van der Waals surface area contributed by atoms with Gasteiger partial charge in [0.05, 0.1) is 42.3 Å². The molecule has 1 aromatic carbocycles. The summed E-state index contributed by atoms with van der Waals surface area (Å²) in [6.45, 7) is 5.89. The molecular weight excluding hydrogens is 617 g/mol. The van der Waals surface area contributed by atoms with Gasteiger partial charge in [-0.3, -0.25) is 10.1 Å². The minimum atomic E-state index is -0.793. The molecule has 6 rings (SSSR count). The van der Waals surface area contributed by atoms with Gasteiger partial charge >= 0.3 is 6.09 Å². The number of amides is 2. The van der Waals surface area contributed by atoms with E-state index >= 15 is 4.39 Å². The number of hydrogen-bond acceptors (Lipinski definition) is 12. The number of likely N-dealkylation sites (tertiary alicyclic amines) is 1. The van der Waals surface area contributed by atoms with Crippen LogP contribution in [0.3, 0.4) is 0 Å². The first-order valence-electron chi connectivity index (χ1n) is 14.4. The maximum atomic E-state index is 15.1. The lowest BCUT2D eigenvalue weighted by molar-refractivity contribution is 0.0379. The van der Waals surface area contributed by atoms with Crippen LogP contribution in [0.2, 0.25) is 0 Å². The topological polar surface area (TPSA) is 162 Å². The van der Waals surface area contributed by atoms with Crippen LogP contribution in [0.5, 0.6) is 11.8 Å². The van der Waals surface area contributed by atoms with Gasteiger partial charge in [-0.05, 0) is 57.0 Å². The maximum Gasteiger partial charge on any atom is 0.412 e. The van der Waals surface area contributed by atoms with Crippen LogP contribution in [0, 0.1) is 12.7 Å². The number of benzene rings is 1. The van der Waals surface area contributed by atoms with Crippen molar-refractivity contribution in [1.82, 2.24) is 29.8 Å². The first-order valence-corrected chi connectivity index (χ1v) is 15.3. The van der Waals surface area contributed by atoms with E-state index in [2.05, 4.69) is 30.2 Å². The van der Waals surface area contributed by atoms with Crippen LogP contribution >= 0.6 is 11.3 Å². The smallest absolute Gasteiger partial charge is 0.412 e. The van der Waals surface area contributed by atoms with Gasteiger partial charge in [-0.25, -0.2) is 29.1 Å². The Kier molecular flexibility index (Phi) is 8.60. The van der Waals surface area contributed by atoms with Crippen molar-refractivity contribution in [2.24, 2.45) is 0 Å². The molecule has 5 heterocycles. The molecule has 0 aliphatic carbocycles. The van der Waals surface area contributed by atoms with Gasteiger partial charge in [0.1, 0.15) is 33.3 Å². The van der Waals surface area contributed by atoms with Gasteiger partial charge in [-0.2, -0.15) is 4.98 Å². The van der Waals surface area contributed by atoms with Gasteiger partial charge < -0.3 is 24.2 Å². The zero-order valence-electron chi connectivity index (χ0n) is 25.4. The minimum Gasteiger partial charge on any atom is -0.480 e. The highest BCUT2D eigenvalue weighted by Crippen LogP contribution is 2.35. The lowest BCUT2D eigenvalue weighted by Crippen LogP contribution is -2.33. The van der Waals surface area contributed by atoms with Crippen LogP contribution in [0.25, 0.3) is 32.0 Å². The summed E-state index contributed by atoms with van der Waals surface area (Å²) < 4.78 is 31.5. The number of β-amino-alcohol motifs (C(OH)–C–C–N with tert-alkyl or cyclic N) is 1. The fourth-order valence-electron chi connectivity index (χ4n) is 4.90. The molecule has 1 aliphatic heterocycles. The number of rotatable bonds is 8. The third kappa shape index (κ3) is 6.50. The average molecular weight is 648 g/mol. The molecule has 1 aliphatic rings. The third-order valence-corrected chi connectivity index (χ3v) is 8.44. The summed E-state index contributed by atoms with van der Waals surface area (Å²) in [6, 6.07) is 8.10. The Bertz CT molecular complexity index is 1940. The van der Waals surface area contributed by atoms with Crippen molar-refractivity contribution in [2.45, 2.75) is 45.5 Å². The second-order valence-corrected chi connectivity index (χ2v) is 11.9. The molecule has 2 N–H and O–H groups in total. The van der Waals surface area contributed by atoms with Crippen molar-refractivity contribution >= 4 is 50.4 Å². The first-order chi connectivity index (χ1) is 22.1. The van der Waals surface area contributed by atoms with Crippen molar-refractivity contribution in [3.63, 3.8) is 0 Å². The highest BCUT2D eigenvalue weighted by atomic mass is 32.1. The summed E-state index contributed by atoms with van der Waals surface area (Å²) >= 11 is 1.26. The molecule has 0 spiro atoms. The molecule has 13 nitrogen and oxygen atoms in total. The molecule has 3 atom stereocenters. The molecule has 0 saturated carbocycles. The van der Waals surface area contributed by atoms with Crippen LogP contribution in [0.15, 0.2) is 42.7 Å². The minimum absolute atomic E-state index is 0.199. The summed E-state index contributed by atoms with van der Waals surface area (Å²) in [5.41, 5.74) is 3.83. The van der Waals surface area contributed by atoms with Crippen molar-refractivity contribution in [3.05, 3.63) is 59.8 Å². The average Bonchev–Trinajstić information content (AvgIpc) is 3.66. The number of halogens is 1. The highest BCUT2D eigenvalue weighted by Gasteiger charge is 2.26. The molecule has 0 bridgehead atoms. The molecule has 46 heavy (non-hydrogen) atoms. The number of carbonyl (C=O) groups is 2. The number of carbonyl (C=O) groups excluding carboxylic acids is 2. The fraction of sp³-hybridized carbons (Fsp3) is 0.323. The number of fused-ring (bicyclic) bond motifs is 2. The van der Waals surface area contributed by atoms with Crippen LogP contribution in [-0.2, 0) is 4.74 Å². The van der Waals surface area contributed by atoms with E-state index in [-0.39, 0.29) is 24.0 Å². The lowest BCUT2D eigenvalue weighted by atomic mass is 10.1. The quantitative estimate of drug-likeness (QED) is 0.239.